The van der Waals surface area contributed by atoms with E-state index < -0.39 is 10.0 Å². The molecule has 1 aromatic heterocycles. The van der Waals surface area contributed by atoms with Crippen molar-refractivity contribution in [3.8, 4) is 0 Å². The van der Waals surface area contributed by atoms with Gasteiger partial charge in [-0.2, -0.15) is 0 Å². The molecule has 0 atom stereocenters. The summed E-state index contributed by atoms with van der Waals surface area (Å²) in [5, 5.41) is 0.222. The van der Waals surface area contributed by atoms with Gasteiger partial charge in [0.2, 0.25) is 10.0 Å². The number of rotatable bonds is 5. The van der Waals surface area contributed by atoms with E-state index in [0.29, 0.717) is 6.54 Å². The number of hydrogen-bond acceptors (Lipinski definition) is 5. The Morgan fingerprint density at radius 1 is 1.45 bits per heavy atom. The summed E-state index contributed by atoms with van der Waals surface area (Å²) in [4.78, 5) is 3.67. The van der Waals surface area contributed by atoms with Gasteiger partial charge < -0.3 is 11.5 Å². The lowest BCUT2D eigenvalue weighted by Crippen LogP contribution is -2.40. The van der Waals surface area contributed by atoms with Gasteiger partial charge in [0.15, 0.2) is 0 Å². The van der Waals surface area contributed by atoms with Crippen LogP contribution in [0.1, 0.15) is 13.8 Å². The summed E-state index contributed by atoms with van der Waals surface area (Å²) in [7, 11) is -2.25. The third-order valence-electron chi connectivity index (χ3n) is 2.74. The fourth-order valence-corrected chi connectivity index (χ4v) is 3.23. The number of anilines is 1. The van der Waals surface area contributed by atoms with Crippen molar-refractivity contribution < 1.29 is 8.42 Å². The fraction of sp³-hybridized carbons (Fsp3) is 0.545. The molecule has 0 radical (unpaired) electrons. The molecule has 0 aliphatic heterocycles. The molecule has 0 bridgehead atoms. The lowest BCUT2D eigenvalue weighted by Gasteiger charge is -2.28. The summed E-state index contributed by atoms with van der Waals surface area (Å²) >= 11 is 5.77. The molecule has 6 nitrogen and oxygen atoms in total. The summed E-state index contributed by atoms with van der Waals surface area (Å²) in [5.41, 5.74) is 10.9. The third kappa shape index (κ3) is 4.46. The summed E-state index contributed by atoms with van der Waals surface area (Å²) in [6.07, 6.45) is 1.31. The predicted molar refractivity (Wildman–Crippen MR) is 83.6 cm³/mol. The predicted octanol–water partition coefficient (Wildman–Crippen LogP) is 1.34. The van der Waals surface area contributed by atoms with Crippen molar-refractivity contribution in [3.63, 3.8) is 0 Å². The molecule has 0 amide bonds. The molecule has 0 aliphatic rings. The second-order valence-corrected chi connectivity index (χ2v) is 7.62. The van der Waals surface area contributed by atoms with Crippen LogP contribution in [0.3, 0.4) is 0 Å². The van der Waals surface area contributed by atoms with Crippen LogP contribution in [0.25, 0.3) is 0 Å². The molecule has 4 N–H and O–H groups in total. The molecule has 0 saturated carbocycles. The van der Waals surface area contributed by atoms with Gasteiger partial charge in [-0.15, -0.1) is 12.4 Å². The lowest BCUT2D eigenvalue weighted by atomic mass is 9.94. The highest BCUT2D eigenvalue weighted by Gasteiger charge is 2.29. The maximum atomic E-state index is 12.4. The van der Waals surface area contributed by atoms with E-state index in [9.17, 15) is 8.42 Å². The SMILES string of the molecule is CN(CC(C)(C)CN)S(=O)(=O)c1cc(Cl)cnc1N.Cl. The summed E-state index contributed by atoms with van der Waals surface area (Å²) in [6.45, 7) is 4.42. The Morgan fingerprint density at radius 3 is 2.50 bits per heavy atom. The summed E-state index contributed by atoms with van der Waals surface area (Å²) < 4.78 is 26.0. The standard InChI is InChI=1S/C11H19ClN4O2S.ClH/c1-11(2,6-13)7-16(3)19(17,18)9-4-8(12)5-15-10(9)14;/h4-5H,6-7,13H2,1-3H3,(H2,14,15);1H. The van der Waals surface area contributed by atoms with E-state index in [0.717, 1.165) is 0 Å². The van der Waals surface area contributed by atoms with Crippen molar-refractivity contribution >= 4 is 39.8 Å². The van der Waals surface area contributed by atoms with Crippen LogP contribution in [-0.4, -0.2) is 37.8 Å². The van der Waals surface area contributed by atoms with Gasteiger partial charge in [0.25, 0.3) is 0 Å². The maximum Gasteiger partial charge on any atom is 0.246 e. The molecule has 1 rings (SSSR count). The van der Waals surface area contributed by atoms with Gasteiger partial charge in [0.1, 0.15) is 10.7 Å². The van der Waals surface area contributed by atoms with E-state index in [1.807, 2.05) is 13.8 Å². The molecule has 0 fully saturated rings. The highest BCUT2D eigenvalue weighted by atomic mass is 35.5. The topological polar surface area (TPSA) is 102 Å². The zero-order chi connectivity index (χ0) is 14.8. The van der Waals surface area contributed by atoms with Crippen LogP contribution in [0, 0.1) is 5.41 Å². The quantitative estimate of drug-likeness (QED) is 0.840. The largest absolute Gasteiger partial charge is 0.383 e. The van der Waals surface area contributed by atoms with Gasteiger partial charge in [-0.05, 0) is 18.0 Å². The van der Waals surface area contributed by atoms with Gasteiger partial charge in [0.05, 0.1) is 5.02 Å². The molecule has 0 saturated heterocycles. The number of nitrogens with two attached hydrogens (primary N) is 2. The van der Waals surface area contributed by atoms with E-state index in [1.54, 1.807) is 0 Å². The molecule has 1 aromatic rings. The monoisotopic (exact) mass is 342 g/mol. The van der Waals surface area contributed by atoms with E-state index in [4.69, 9.17) is 23.1 Å². The third-order valence-corrected chi connectivity index (χ3v) is 4.78. The van der Waals surface area contributed by atoms with Crippen molar-refractivity contribution in [2.24, 2.45) is 11.1 Å². The Bertz CT molecular complexity index is 564. The molecule has 20 heavy (non-hydrogen) atoms. The smallest absolute Gasteiger partial charge is 0.246 e. The number of aromatic nitrogens is 1. The van der Waals surface area contributed by atoms with Crippen LogP contribution in [0.5, 0.6) is 0 Å². The zero-order valence-corrected chi connectivity index (χ0v) is 14.0. The minimum atomic E-state index is -3.73. The number of sulfonamides is 1. The lowest BCUT2D eigenvalue weighted by molar-refractivity contribution is 0.292. The molecule has 0 aromatic carbocycles. The van der Waals surface area contributed by atoms with Gasteiger partial charge >= 0.3 is 0 Å². The van der Waals surface area contributed by atoms with Crippen molar-refractivity contribution in [1.29, 1.82) is 0 Å². The Morgan fingerprint density at radius 2 is 2.00 bits per heavy atom. The average molecular weight is 343 g/mol. The number of nitrogen functional groups attached to an aromatic ring is 1. The van der Waals surface area contributed by atoms with Crippen LogP contribution in [0.2, 0.25) is 5.02 Å². The molecular weight excluding hydrogens is 323 g/mol. The first-order valence-electron chi connectivity index (χ1n) is 5.67. The molecule has 0 unspecified atom stereocenters. The van der Waals surface area contributed by atoms with Gasteiger partial charge in [-0.25, -0.2) is 17.7 Å². The molecular formula is C11H20Cl2N4O2S. The van der Waals surface area contributed by atoms with E-state index in [-0.39, 0.29) is 40.1 Å². The van der Waals surface area contributed by atoms with Crippen molar-refractivity contribution in [2.75, 3.05) is 25.9 Å². The Balaban J connectivity index is 0.00000361. The number of pyridine rings is 1. The average Bonchev–Trinajstić information content (AvgIpc) is 2.31. The summed E-state index contributed by atoms with van der Waals surface area (Å²) in [5.74, 6) is -0.0678. The van der Waals surface area contributed by atoms with Crippen molar-refractivity contribution in [2.45, 2.75) is 18.7 Å². The highest BCUT2D eigenvalue weighted by molar-refractivity contribution is 7.89. The molecule has 0 aliphatic carbocycles. The van der Waals surface area contributed by atoms with Crippen LogP contribution in [-0.2, 0) is 10.0 Å². The highest BCUT2D eigenvalue weighted by Crippen LogP contribution is 2.25. The summed E-state index contributed by atoms with van der Waals surface area (Å²) in [6, 6.07) is 1.30. The van der Waals surface area contributed by atoms with Crippen LogP contribution < -0.4 is 11.5 Å². The van der Waals surface area contributed by atoms with Crippen LogP contribution >= 0.6 is 24.0 Å². The minimum Gasteiger partial charge on any atom is -0.383 e. The molecule has 116 valence electrons. The van der Waals surface area contributed by atoms with E-state index in [2.05, 4.69) is 4.98 Å². The van der Waals surface area contributed by atoms with E-state index in [1.165, 1.54) is 23.6 Å². The minimum absolute atomic E-state index is 0. The van der Waals surface area contributed by atoms with Gasteiger partial charge in [0, 0.05) is 19.8 Å². The van der Waals surface area contributed by atoms with E-state index >= 15 is 0 Å². The zero-order valence-electron chi connectivity index (χ0n) is 11.6. The first kappa shape index (κ1) is 19.4. The fourth-order valence-electron chi connectivity index (χ4n) is 1.56. The normalized spacial score (nSPS) is 12.3. The first-order chi connectivity index (χ1) is 8.60. The van der Waals surface area contributed by atoms with Gasteiger partial charge in [-0.1, -0.05) is 25.4 Å². The second kappa shape index (κ2) is 6.91. The van der Waals surface area contributed by atoms with Crippen molar-refractivity contribution in [1.82, 2.24) is 9.29 Å². The van der Waals surface area contributed by atoms with Crippen LogP contribution in [0.15, 0.2) is 17.2 Å². The molecule has 9 heteroatoms. The van der Waals surface area contributed by atoms with Crippen LogP contribution in [0.4, 0.5) is 5.82 Å². The first-order valence-corrected chi connectivity index (χ1v) is 7.49. The number of hydrogen-bond donors (Lipinski definition) is 2. The Hall–Kier alpha value is -0.600. The molecule has 1 heterocycles. The Kier molecular flexibility index (Phi) is 6.70. The second-order valence-electron chi connectivity index (χ2n) is 5.17. The number of nitrogens with zero attached hydrogens (tertiary/aromatic N) is 2. The van der Waals surface area contributed by atoms with Gasteiger partial charge in [-0.3, -0.25) is 0 Å². The molecule has 0 spiro atoms. The maximum absolute atomic E-state index is 12.4. The number of halogens is 2. The van der Waals surface area contributed by atoms with Crippen molar-refractivity contribution in [3.05, 3.63) is 17.3 Å². The Labute approximate surface area is 130 Å².